The van der Waals surface area contributed by atoms with Crippen LogP contribution in [-0.4, -0.2) is 25.3 Å². The van der Waals surface area contributed by atoms with Gasteiger partial charge in [-0.25, -0.2) is 0 Å². The molecule has 0 aromatic carbocycles. The highest BCUT2D eigenvalue weighted by Gasteiger charge is 2.27. The number of hydrogen-bond donors (Lipinski definition) is 0. The second-order valence-corrected chi connectivity index (χ2v) is 5.25. The number of hydrogen-bond acceptors (Lipinski definition) is 3. The van der Waals surface area contributed by atoms with Crippen LogP contribution in [0.4, 0.5) is 0 Å². The minimum absolute atomic E-state index is 0.0197. The summed E-state index contributed by atoms with van der Waals surface area (Å²) in [7, 11) is 0. The van der Waals surface area contributed by atoms with Gasteiger partial charge in [0, 0.05) is 0 Å². The summed E-state index contributed by atoms with van der Waals surface area (Å²) in [6.07, 6.45) is 1.03. The highest BCUT2D eigenvalue weighted by Crippen LogP contribution is 2.25. The lowest BCUT2D eigenvalue weighted by molar-refractivity contribution is -0.149. The minimum Gasteiger partial charge on any atom is -0.463 e. The zero-order chi connectivity index (χ0) is 10.8. The number of epoxide rings is 1. The van der Waals surface area contributed by atoms with Gasteiger partial charge in [0.25, 0.3) is 0 Å². The molecule has 1 heterocycles. The fourth-order valence-corrected chi connectivity index (χ4v) is 1.48. The number of carbonyl (C=O) groups is 1. The fourth-order valence-electron chi connectivity index (χ4n) is 1.48. The Bertz CT molecular complexity index is 201. The lowest BCUT2D eigenvalue weighted by Crippen LogP contribution is -2.22. The summed E-state index contributed by atoms with van der Waals surface area (Å²) in [5.74, 6) is -0.121. The van der Waals surface area contributed by atoms with E-state index in [1.165, 1.54) is 0 Å². The first-order valence-electron chi connectivity index (χ1n) is 5.17. The molecule has 0 saturated carbocycles. The van der Waals surface area contributed by atoms with Crippen molar-refractivity contribution in [3.63, 3.8) is 0 Å². The molecule has 0 aromatic rings. The highest BCUT2D eigenvalue weighted by atomic mass is 16.6. The molecule has 82 valence electrons. The summed E-state index contributed by atoms with van der Waals surface area (Å²) < 4.78 is 10.1. The molecule has 1 aliphatic rings. The van der Waals surface area contributed by atoms with Gasteiger partial charge in [0.05, 0.1) is 12.5 Å². The first-order valence-corrected chi connectivity index (χ1v) is 5.17. The van der Waals surface area contributed by atoms with E-state index in [4.69, 9.17) is 9.47 Å². The Kier molecular flexibility index (Phi) is 3.53. The maximum absolute atomic E-state index is 11.5. The summed E-state index contributed by atoms with van der Waals surface area (Å²) in [5, 5.41) is 0. The number of ether oxygens (including phenoxy) is 2. The molecule has 0 aromatic heterocycles. The molecule has 2 atom stereocenters. The van der Waals surface area contributed by atoms with E-state index >= 15 is 0 Å². The van der Waals surface area contributed by atoms with E-state index in [0.29, 0.717) is 6.61 Å². The van der Waals surface area contributed by atoms with Crippen LogP contribution in [0.15, 0.2) is 0 Å². The molecule has 3 heteroatoms. The van der Waals surface area contributed by atoms with Crippen molar-refractivity contribution < 1.29 is 14.3 Å². The van der Waals surface area contributed by atoms with Crippen molar-refractivity contribution in [2.45, 2.75) is 40.2 Å². The third-order valence-electron chi connectivity index (χ3n) is 2.13. The van der Waals surface area contributed by atoms with E-state index in [-0.39, 0.29) is 23.4 Å². The largest absolute Gasteiger partial charge is 0.463 e. The highest BCUT2D eigenvalue weighted by molar-refractivity contribution is 5.72. The summed E-state index contributed by atoms with van der Waals surface area (Å²) >= 11 is 0. The number of rotatable bonds is 4. The standard InChI is InChI=1S/C11H20O3/c1-8(5-11(2,3)4)10(12)14-7-9-6-13-9/h8-9H,5-7H2,1-4H3. The summed E-state index contributed by atoms with van der Waals surface area (Å²) in [4.78, 5) is 11.5. The van der Waals surface area contributed by atoms with Gasteiger partial charge in [0.2, 0.25) is 0 Å². The van der Waals surface area contributed by atoms with Crippen LogP contribution in [-0.2, 0) is 14.3 Å². The van der Waals surface area contributed by atoms with E-state index in [2.05, 4.69) is 20.8 Å². The van der Waals surface area contributed by atoms with Gasteiger partial charge in [-0.2, -0.15) is 0 Å². The summed E-state index contributed by atoms with van der Waals surface area (Å²) in [5.41, 5.74) is 0.175. The molecule has 1 rings (SSSR count). The second-order valence-electron chi connectivity index (χ2n) is 5.25. The van der Waals surface area contributed by atoms with E-state index < -0.39 is 0 Å². The van der Waals surface area contributed by atoms with Crippen molar-refractivity contribution in [3.05, 3.63) is 0 Å². The minimum atomic E-state index is -0.101. The zero-order valence-corrected chi connectivity index (χ0v) is 9.50. The molecule has 1 saturated heterocycles. The first-order chi connectivity index (χ1) is 6.38. The Morgan fingerprint density at radius 2 is 2.14 bits per heavy atom. The zero-order valence-electron chi connectivity index (χ0n) is 9.50. The maximum atomic E-state index is 11.5. The Balaban J connectivity index is 2.20. The average Bonchev–Trinajstić information content (AvgIpc) is 2.79. The molecule has 0 bridgehead atoms. The Hall–Kier alpha value is -0.570. The van der Waals surface area contributed by atoms with Gasteiger partial charge in [0.1, 0.15) is 12.7 Å². The van der Waals surface area contributed by atoms with Crippen LogP contribution >= 0.6 is 0 Å². The molecule has 14 heavy (non-hydrogen) atoms. The maximum Gasteiger partial charge on any atom is 0.308 e. The van der Waals surface area contributed by atoms with Gasteiger partial charge >= 0.3 is 5.97 Å². The average molecular weight is 200 g/mol. The van der Waals surface area contributed by atoms with Crippen LogP contribution in [0, 0.1) is 11.3 Å². The van der Waals surface area contributed by atoms with Gasteiger partial charge in [-0.15, -0.1) is 0 Å². The Morgan fingerprint density at radius 1 is 1.57 bits per heavy atom. The fraction of sp³-hybridized carbons (Fsp3) is 0.909. The summed E-state index contributed by atoms with van der Waals surface area (Å²) in [6.45, 7) is 9.46. The normalized spacial score (nSPS) is 23.0. The van der Waals surface area contributed by atoms with Crippen molar-refractivity contribution in [2.24, 2.45) is 11.3 Å². The number of esters is 1. The molecule has 3 nitrogen and oxygen atoms in total. The van der Waals surface area contributed by atoms with Crippen LogP contribution in [0.3, 0.4) is 0 Å². The smallest absolute Gasteiger partial charge is 0.308 e. The predicted molar refractivity (Wildman–Crippen MR) is 53.9 cm³/mol. The van der Waals surface area contributed by atoms with Crippen LogP contribution in [0.2, 0.25) is 0 Å². The quantitative estimate of drug-likeness (QED) is 0.514. The SMILES string of the molecule is CC(CC(C)(C)C)C(=O)OCC1CO1. The van der Waals surface area contributed by atoms with Gasteiger partial charge in [-0.05, 0) is 11.8 Å². The van der Waals surface area contributed by atoms with Crippen LogP contribution in [0.1, 0.15) is 34.1 Å². The monoisotopic (exact) mass is 200 g/mol. The van der Waals surface area contributed by atoms with Gasteiger partial charge < -0.3 is 9.47 Å². The molecule has 1 fully saturated rings. The third-order valence-corrected chi connectivity index (χ3v) is 2.13. The summed E-state index contributed by atoms with van der Waals surface area (Å²) in [6, 6.07) is 0. The Labute approximate surface area is 85.8 Å². The molecule has 0 aliphatic carbocycles. The van der Waals surface area contributed by atoms with Crippen molar-refractivity contribution in [3.8, 4) is 0 Å². The third kappa shape index (κ3) is 4.61. The van der Waals surface area contributed by atoms with Crippen molar-refractivity contribution in [2.75, 3.05) is 13.2 Å². The molecule has 0 amide bonds. The second kappa shape index (κ2) is 4.30. The van der Waals surface area contributed by atoms with Gasteiger partial charge in [-0.3, -0.25) is 4.79 Å². The Morgan fingerprint density at radius 3 is 2.57 bits per heavy atom. The predicted octanol–water partition coefficient (Wildman–Crippen LogP) is 2.00. The molecule has 1 aliphatic heterocycles. The molecular formula is C11H20O3. The topological polar surface area (TPSA) is 38.8 Å². The van der Waals surface area contributed by atoms with Crippen molar-refractivity contribution in [1.29, 1.82) is 0 Å². The lowest BCUT2D eigenvalue weighted by Gasteiger charge is -2.21. The molecular weight excluding hydrogens is 180 g/mol. The van der Waals surface area contributed by atoms with E-state index in [1.54, 1.807) is 0 Å². The van der Waals surface area contributed by atoms with E-state index in [1.807, 2.05) is 6.92 Å². The van der Waals surface area contributed by atoms with Crippen LogP contribution in [0.25, 0.3) is 0 Å². The molecule has 0 spiro atoms. The van der Waals surface area contributed by atoms with Crippen LogP contribution in [0.5, 0.6) is 0 Å². The molecule has 2 unspecified atom stereocenters. The molecule has 0 radical (unpaired) electrons. The van der Waals surface area contributed by atoms with E-state index in [9.17, 15) is 4.79 Å². The molecule has 0 N–H and O–H groups in total. The lowest BCUT2D eigenvalue weighted by atomic mass is 9.85. The van der Waals surface area contributed by atoms with Gasteiger partial charge in [-0.1, -0.05) is 27.7 Å². The van der Waals surface area contributed by atoms with Crippen molar-refractivity contribution >= 4 is 5.97 Å². The number of carbonyl (C=O) groups excluding carboxylic acids is 1. The van der Waals surface area contributed by atoms with Crippen LogP contribution < -0.4 is 0 Å². The first kappa shape index (κ1) is 11.5. The van der Waals surface area contributed by atoms with E-state index in [0.717, 1.165) is 13.0 Å². The van der Waals surface area contributed by atoms with Crippen molar-refractivity contribution in [1.82, 2.24) is 0 Å². The van der Waals surface area contributed by atoms with Gasteiger partial charge in [0.15, 0.2) is 0 Å².